The van der Waals surface area contributed by atoms with Crippen LogP contribution in [-0.2, 0) is 16.1 Å². The maximum atomic E-state index is 12.6. The third-order valence-corrected chi connectivity index (χ3v) is 9.77. The molecular weight excluding hydrogens is 506 g/mol. The van der Waals surface area contributed by atoms with Gasteiger partial charge in [0.15, 0.2) is 0 Å². The number of aliphatic hydroxyl groups excluding tert-OH is 1. The Bertz CT molecular complexity index is 1120. The fraction of sp³-hybridized carbons (Fsp3) is 0.688. The SMILES string of the molecule is COc1ccc2ncc(CN3CCOCC3)c([C@H](O)CCC3(C(=O)O)CCN(CCC4CCCCC4)CC3)c2c1. The Morgan fingerprint density at radius 2 is 1.88 bits per heavy atom. The summed E-state index contributed by atoms with van der Waals surface area (Å²) in [6.45, 7) is 6.49. The highest BCUT2D eigenvalue weighted by Crippen LogP contribution is 2.41. The second-order valence-electron chi connectivity index (χ2n) is 12.2. The molecule has 3 fully saturated rings. The van der Waals surface area contributed by atoms with E-state index in [2.05, 4.69) is 9.80 Å². The molecule has 2 N–H and O–H groups in total. The Morgan fingerprint density at radius 3 is 2.58 bits per heavy atom. The number of aliphatic carboxylic acids is 1. The molecule has 3 aliphatic rings. The molecule has 0 spiro atoms. The van der Waals surface area contributed by atoms with Gasteiger partial charge in [0.1, 0.15) is 5.75 Å². The molecular formula is C32H47N3O5. The van der Waals surface area contributed by atoms with E-state index in [9.17, 15) is 15.0 Å². The van der Waals surface area contributed by atoms with E-state index in [1.807, 2.05) is 24.4 Å². The number of morpholine rings is 1. The molecule has 40 heavy (non-hydrogen) atoms. The molecule has 2 aromatic rings. The topological polar surface area (TPSA) is 95.4 Å². The molecule has 1 aromatic carbocycles. The molecule has 8 heteroatoms. The number of carbonyl (C=O) groups is 1. The fourth-order valence-electron chi connectivity index (χ4n) is 7.05. The number of likely N-dealkylation sites (tertiary alicyclic amines) is 1. The molecule has 3 heterocycles. The van der Waals surface area contributed by atoms with Crippen molar-refractivity contribution in [1.82, 2.24) is 14.8 Å². The number of hydrogen-bond donors (Lipinski definition) is 2. The Morgan fingerprint density at radius 1 is 1.12 bits per heavy atom. The highest BCUT2D eigenvalue weighted by atomic mass is 16.5. The molecule has 1 saturated carbocycles. The summed E-state index contributed by atoms with van der Waals surface area (Å²) in [5.41, 5.74) is 1.85. The summed E-state index contributed by atoms with van der Waals surface area (Å²) in [5.74, 6) is 0.839. The summed E-state index contributed by atoms with van der Waals surface area (Å²) in [6.07, 6.45) is 11.3. The molecule has 1 aliphatic carbocycles. The van der Waals surface area contributed by atoms with Crippen LogP contribution in [0.25, 0.3) is 10.9 Å². The van der Waals surface area contributed by atoms with Crippen LogP contribution in [0.2, 0.25) is 0 Å². The van der Waals surface area contributed by atoms with Gasteiger partial charge in [-0.1, -0.05) is 32.1 Å². The second-order valence-corrected chi connectivity index (χ2v) is 12.2. The van der Waals surface area contributed by atoms with Gasteiger partial charge in [0.05, 0.1) is 37.4 Å². The zero-order valence-corrected chi connectivity index (χ0v) is 24.2. The Labute approximate surface area is 238 Å². The van der Waals surface area contributed by atoms with Crippen molar-refractivity contribution < 1.29 is 24.5 Å². The molecule has 2 aliphatic heterocycles. The van der Waals surface area contributed by atoms with E-state index >= 15 is 0 Å². The summed E-state index contributed by atoms with van der Waals surface area (Å²) < 4.78 is 11.0. The van der Waals surface area contributed by atoms with Gasteiger partial charge in [-0.2, -0.15) is 0 Å². The lowest BCUT2D eigenvalue weighted by Gasteiger charge is -2.40. The maximum absolute atomic E-state index is 12.6. The lowest BCUT2D eigenvalue weighted by Crippen LogP contribution is -2.45. The van der Waals surface area contributed by atoms with Crippen molar-refractivity contribution in [3.8, 4) is 5.75 Å². The standard InChI is InChI=1S/C32H47N3O5/c1-39-26-7-8-28-27(21-26)30(25(22-33-28)23-35-17-19-40-20-18-35)29(36)9-11-32(31(37)38)12-15-34(16-13-32)14-10-24-5-3-2-4-6-24/h7-8,21-22,24,29,36H,2-6,9-20,23H2,1H3,(H,37,38)/t29-/m1/s1. The van der Waals surface area contributed by atoms with E-state index in [-0.39, 0.29) is 0 Å². The number of rotatable bonds is 11. The van der Waals surface area contributed by atoms with Crippen LogP contribution in [0, 0.1) is 11.3 Å². The van der Waals surface area contributed by atoms with Gasteiger partial charge in [-0.25, -0.2) is 0 Å². The fourth-order valence-corrected chi connectivity index (χ4v) is 7.05. The summed E-state index contributed by atoms with van der Waals surface area (Å²) in [6, 6.07) is 5.75. The number of aromatic nitrogens is 1. The molecule has 0 unspecified atom stereocenters. The Kier molecular flexibility index (Phi) is 9.94. The van der Waals surface area contributed by atoms with Crippen LogP contribution in [-0.4, -0.2) is 84.0 Å². The summed E-state index contributed by atoms with van der Waals surface area (Å²) >= 11 is 0. The number of hydrogen-bond acceptors (Lipinski definition) is 7. The number of pyridine rings is 1. The van der Waals surface area contributed by atoms with Crippen molar-refractivity contribution in [3.63, 3.8) is 0 Å². The predicted octanol–water partition coefficient (Wildman–Crippen LogP) is 5.03. The zero-order valence-electron chi connectivity index (χ0n) is 24.2. The van der Waals surface area contributed by atoms with Crippen molar-refractivity contribution >= 4 is 16.9 Å². The van der Waals surface area contributed by atoms with Gasteiger partial charge in [-0.3, -0.25) is 14.7 Å². The van der Waals surface area contributed by atoms with Crippen molar-refractivity contribution in [1.29, 1.82) is 0 Å². The van der Waals surface area contributed by atoms with Crippen molar-refractivity contribution in [2.24, 2.45) is 11.3 Å². The third kappa shape index (κ3) is 6.96. The quantitative estimate of drug-likeness (QED) is 0.400. The highest BCUT2D eigenvalue weighted by molar-refractivity contribution is 5.85. The third-order valence-electron chi connectivity index (χ3n) is 9.77. The minimum Gasteiger partial charge on any atom is -0.497 e. The number of nitrogens with zero attached hydrogens (tertiary/aromatic N) is 3. The van der Waals surface area contributed by atoms with Gasteiger partial charge in [0, 0.05) is 31.2 Å². The summed E-state index contributed by atoms with van der Waals surface area (Å²) in [7, 11) is 1.64. The van der Waals surface area contributed by atoms with E-state index in [1.54, 1.807) is 7.11 Å². The number of aliphatic hydroxyl groups is 1. The second kappa shape index (κ2) is 13.6. The minimum absolute atomic E-state index is 0.404. The smallest absolute Gasteiger partial charge is 0.309 e. The van der Waals surface area contributed by atoms with Gasteiger partial charge in [0.2, 0.25) is 0 Å². The van der Waals surface area contributed by atoms with Gasteiger partial charge < -0.3 is 24.6 Å². The first-order valence-corrected chi connectivity index (χ1v) is 15.4. The van der Waals surface area contributed by atoms with Crippen LogP contribution in [0.5, 0.6) is 5.75 Å². The minimum atomic E-state index is -0.785. The maximum Gasteiger partial charge on any atom is 0.309 e. The molecule has 8 nitrogen and oxygen atoms in total. The number of carboxylic acid groups (broad SMARTS) is 1. The van der Waals surface area contributed by atoms with Crippen LogP contribution >= 0.6 is 0 Å². The lowest BCUT2D eigenvalue weighted by atomic mass is 9.73. The first kappa shape index (κ1) is 29.2. The Hall–Kier alpha value is -2.26. The molecule has 2 saturated heterocycles. The molecule has 1 atom stereocenters. The van der Waals surface area contributed by atoms with Gasteiger partial charge >= 0.3 is 5.97 Å². The van der Waals surface area contributed by atoms with Gasteiger partial charge in [-0.15, -0.1) is 0 Å². The van der Waals surface area contributed by atoms with Crippen LogP contribution < -0.4 is 4.74 Å². The van der Waals surface area contributed by atoms with Crippen molar-refractivity contribution in [3.05, 3.63) is 35.5 Å². The predicted molar refractivity (Wildman–Crippen MR) is 156 cm³/mol. The lowest BCUT2D eigenvalue weighted by molar-refractivity contribution is -0.153. The summed E-state index contributed by atoms with van der Waals surface area (Å²) in [5, 5.41) is 22.9. The number of benzene rings is 1. The first-order valence-electron chi connectivity index (χ1n) is 15.4. The number of methoxy groups -OCH3 is 1. The van der Waals surface area contributed by atoms with Gasteiger partial charge in [-0.05, 0) is 87.0 Å². The average molecular weight is 554 g/mol. The number of carboxylic acids is 1. The van der Waals surface area contributed by atoms with Crippen LogP contribution in [0.1, 0.15) is 81.4 Å². The summed E-state index contributed by atoms with van der Waals surface area (Å²) in [4.78, 5) is 22.1. The van der Waals surface area contributed by atoms with Crippen molar-refractivity contribution in [2.45, 2.75) is 76.9 Å². The Balaban J connectivity index is 1.28. The van der Waals surface area contributed by atoms with E-state index in [1.165, 1.54) is 38.5 Å². The van der Waals surface area contributed by atoms with Crippen LogP contribution in [0.3, 0.4) is 0 Å². The number of ether oxygens (including phenoxy) is 2. The molecule has 1 aromatic heterocycles. The monoisotopic (exact) mass is 553 g/mol. The van der Waals surface area contributed by atoms with E-state index in [4.69, 9.17) is 14.5 Å². The number of piperidine rings is 1. The van der Waals surface area contributed by atoms with E-state index in [0.717, 1.165) is 60.7 Å². The molecule has 0 amide bonds. The normalized spacial score (nSPS) is 21.9. The van der Waals surface area contributed by atoms with E-state index in [0.29, 0.717) is 51.2 Å². The van der Waals surface area contributed by atoms with Gasteiger partial charge in [0.25, 0.3) is 0 Å². The molecule has 5 rings (SSSR count). The molecule has 0 radical (unpaired) electrons. The molecule has 0 bridgehead atoms. The van der Waals surface area contributed by atoms with Crippen LogP contribution in [0.4, 0.5) is 0 Å². The largest absolute Gasteiger partial charge is 0.497 e. The number of fused-ring (bicyclic) bond motifs is 1. The molecule has 220 valence electrons. The van der Waals surface area contributed by atoms with E-state index < -0.39 is 17.5 Å². The van der Waals surface area contributed by atoms with Crippen molar-refractivity contribution in [2.75, 3.05) is 53.0 Å². The zero-order chi connectivity index (χ0) is 28.0. The highest BCUT2D eigenvalue weighted by Gasteiger charge is 2.41. The average Bonchev–Trinajstić information content (AvgIpc) is 3.00. The van der Waals surface area contributed by atoms with Crippen LogP contribution in [0.15, 0.2) is 24.4 Å². The first-order chi connectivity index (χ1) is 19.5.